The number of hydrogen-bond donors (Lipinski definition) is 1. The second-order valence-electron chi connectivity index (χ2n) is 6.31. The number of aromatic nitrogens is 1. The molecule has 0 spiro atoms. The van der Waals surface area contributed by atoms with Crippen LogP contribution >= 0.6 is 11.3 Å². The number of anilines is 1. The fourth-order valence-corrected chi connectivity index (χ4v) is 4.06. The van der Waals surface area contributed by atoms with Crippen molar-refractivity contribution in [2.24, 2.45) is 0 Å². The van der Waals surface area contributed by atoms with Gasteiger partial charge in [-0.2, -0.15) is 0 Å². The van der Waals surface area contributed by atoms with Crippen LogP contribution in [-0.2, 0) is 4.79 Å². The molecule has 1 aromatic heterocycles. The number of piperidine rings is 1. The van der Waals surface area contributed by atoms with Gasteiger partial charge >= 0.3 is 0 Å². The van der Waals surface area contributed by atoms with Crippen LogP contribution in [-0.4, -0.2) is 43.3 Å². The summed E-state index contributed by atoms with van der Waals surface area (Å²) in [6.07, 6.45) is 0.776. The SMILES string of the molecule is COc1ccc(C)c2sc(N3CCC(F)(CNC(C)=O)CC3)nc12. The lowest BCUT2D eigenvalue weighted by molar-refractivity contribution is -0.119. The molecule has 1 aromatic carbocycles. The Morgan fingerprint density at radius 3 is 2.79 bits per heavy atom. The van der Waals surface area contributed by atoms with Crippen molar-refractivity contribution in [1.29, 1.82) is 0 Å². The lowest BCUT2D eigenvalue weighted by Crippen LogP contribution is -2.48. The molecule has 3 rings (SSSR count). The van der Waals surface area contributed by atoms with Gasteiger partial charge in [0, 0.05) is 32.9 Å². The number of rotatable bonds is 4. The Balaban J connectivity index is 1.76. The molecule has 1 aliphatic heterocycles. The predicted molar refractivity (Wildman–Crippen MR) is 94.9 cm³/mol. The van der Waals surface area contributed by atoms with E-state index in [0.29, 0.717) is 25.9 Å². The molecule has 0 atom stereocenters. The van der Waals surface area contributed by atoms with Crippen LogP contribution in [0.4, 0.5) is 9.52 Å². The average Bonchev–Trinajstić information content (AvgIpc) is 3.00. The standard InChI is InChI=1S/C17H22FN3O2S/c1-11-4-5-13(23-3)14-15(11)24-16(20-14)21-8-6-17(18,7-9-21)10-19-12(2)22/h4-5H,6-10H2,1-3H3,(H,19,22). The molecule has 130 valence electrons. The summed E-state index contributed by atoms with van der Waals surface area (Å²) in [6, 6.07) is 3.96. The maximum atomic E-state index is 14.7. The number of nitrogens with one attached hydrogen (secondary N) is 1. The van der Waals surface area contributed by atoms with Gasteiger partial charge in [0.25, 0.3) is 0 Å². The Labute approximate surface area is 144 Å². The largest absolute Gasteiger partial charge is 0.494 e. The van der Waals surface area contributed by atoms with Gasteiger partial charge in [-0.1, -0.05) is 17.4 Å². The number of halogens is 1. The van der Waals surface area contributed by atoms with Crippen molar-refractivity contribution in [3.63, 3.8) is 0 Å². The fourth-order valence-electron chi connectivity index (χ4n) is 2.96. The maximum Gasteiger partial charge on any atom is 0.216 e. The third-order valence-electron chi connectivity index (χ3n) is 4.50. The first-order valence-electron chi connectivity index (χ1n) is 8.04. The minimum absolute atomic E-state index is 0.0863. The lowest BCUT2D eigenvalue weighted by Gasteiger charge is -2.36. The summed E-state index contributed by atoms with van der Waals surface area (Å²) in [5.41, 5.74) is 0.705. The minimum Gasteiger partial charge on any atom is -0.494 e. The molecule has 1 fully saturated rings. The van der Waals surface area contributed by atoms with Crippen molar-refractivity contribution >= 4 is 32.6 Å². The number of fused-ring (bicyclic) bond motifs is 1. The summed E-state index contributed by atoms with van der Waals surface area (Å²) >= 11 is 1.62. The summed E-state index contributed by atoms with van der Waals surface area (Å²) in [5.74, 6) is 0.573. The number of nitrogens with zero attached hydrogens (tertiary/aromatic N) is 2. The third kappa shape index (κ3) is 3.31. The molecule has 0 aliphatic carbocycles. The van der Waals surface area contributed by atoms with Gasteiger partial charge in [-0.3, -0.25) is 4.79 Å². The summed E-state index contributed by atoms with van der Waals surface area (Å²) in [5, 5.41) is 3.49. The van der Waals surface area contributed by atoms with Crippen molar-refractivity contribution in [2.45, 2.75) is 32.4 Å². The Hall–Kier alpha value is -1.89. The van der Waals surface area contributed by atoms with Crippen molar-refractivity contribution < 1.29 is 13.9 Å². The monoisotopic (exact) mass is 351 g/mol. The molecule has 1 N–H and O–H groups in total. The van der Waals surface area contributed by atoms with Crippen LogP contribution in [0.25, 0.3) is 10.2 Å². The molecule has 2 aromatic rings. The molecule has 0 radical (unpaired) electrons. The van der Waals surface area contributed by atoms with E-state index in [1.165, 1.54) is 6.92 Å². The highest BCUT2D eigenvalue weighted by atomic mass is 32.1. The first-order chi connectivity index (χ1) is 11.4. The number of aryl methyl sites for hydroxylation is 1. The van der Waals surface area contributed by atoms with E-state index in [-0.39, 0.29) is 12.5 Å². The van der Waals surface area contributed by atoms with Crippen molar-refractivity contribution in [3.8, 4) is 5.75 Å². The van der Waals surface area contributed by atoms with Gasteiger partial charge < -0.3 is 15.0 Å². The van der Waals surface area contributed by atoms with E-state index in [4.69, 9.17) is 9.72 Å². The van der Waals surface area contributed by atoms with Crippen LogP contribution in [0.15, 0.2) is 12.1 Å². The first-order valence-corrected chi connectivity index (χ1v) is 8.86. The normalized spacial score (nSPS) is 17.1. The number of carbonyl (C=O) groups is 1. The molecule has 0 bridgehead atoms. The number of hydrogen-bond acceptors (Lipinski definition) is 5. The van der Waals surface area contributed by atoms with Gasteiger partial charge in [-0.05, 0) is 18.6 Å². The molecule has 0 saturated carbocycles. The summed E-state index contributed by atoms with van der Waals surface area (Å²) in [4.78, 5) is 17.8. The number of amides is 1. The predicted octanol–water partition coefficient (Wildman–Crippen LogP) is 3.06. The van der Waals surface area contributed by atoms with Gasteiger partial charge in [0.15, 0.2) is 5.13 Å². The number of thiazole rings is 1. The molecular formula is C17H22FN3O2S. The molecule has 7 heteroatoms. The second-order valence-corrected chi connectivity index (χ2v) is 7.28. The van der Waals surface area contributed by atoms with Crippen LogP contribution in [0.3, 0.4) is 0 Å². The van der Waals surface area contributed by atoms with E-state index in [0.717, 1.165) is 26.7 Å². The van der Waals surface area contributed by atoms with E-state index >= 15 is 0 Å². The highest BCUT2D eigenvalue weighted by molar-refractivity contribution is 7.22. The zero-order valence-corrected chi connectivity index (χ0v) is 15.0. The van der Waals surface area contributed by atoms with Gasteiger partial charge in [0.05, 0.1) is 18.4 Å². The van der Waals surface area contributed by atoms with Gasteiger partial charge in [-0.25, -0.2) is 9.37 Å². The fraction of sp³-hybridized carbons (Fsp3) is 0.529. The summed E-state index contributed by atoms with van der Waals surface area (Å²) in [6.45, 7) is 4.74. The van der Waals surface area contributed by atoms with Crippen molar-refractivity contribution in [3.05, 3.63) is 17.7 Å². The third-order valence-corrected chi connectivity index (χ3v) is 5.75. The first kappa shape index (κ1) is 17.0. The highest BCUT2D eigenvalue weighted by Crippen LogP contribution is 2.38. The smallest absolute Gasteiger partial charge is 0.216 e. The van der Waals surface area contributed by atoms with E-state index in [1.807, 2.05) is 12.1 Å². The summed E-state index contributed by atoms with van der Waals surface area (Å²) in [7, 11) is 1.64. The second kappa shape index (κ2) is 6.55. The molecule has 5 nitrogen and oxygen atoms in total. The maximum absolute atomic E-state index is 14.7. The van der Waals surface area contributed by atoms with E-state index in [2.05, 4.69) is 17.1 Å². The van der Waals surface area contributed by atoms with Crippen LogP contribution in [0.2, 0.25) is 0 Å². The highest BCUT2D eigenvalue weighted by Gasteiger charge is 2.35. The van der Waals surface area contributed by atoms with Crippen LogP contribution < -0.4 is 15.0 Å². The van der Waals surface area contributed by atoms with Crippen molar-refractivity contribution in [2.75, 3.05) is 31.6 Å². The molecule has 1 aliphatic rings. The Kier molecular flexibility index (Phi) is 4.62. The quantitative estimate of drug-likeness (QED) is 0.920. The molecular weight excluding hydrogens is 329 g/mol. The number of carbonyl (C=O) groups excluding carboxylic acids is 1. The molecule has 2 heterocycles. The Morgan fingerprint density at radius 2 is 2.17 bits per heavy atom. The number of ether oxygens (including phenoxy) is 1. The molecule has 1 saturated heterocycles. The molecule has 1 amide bonds. The lowest BCUT2D eigenvalue weighted by atomic mass is 9.93. The Morgan fingerprint density at radius 1 is 1.46 bits per heavy atom. The van der Waals surface area contributed by atoms with E-state index < -0.39 is 5.67 Å². The average molecular weight is 351 g/mol. The number of methoxy groups -OCH3 is 1. The minimum atomic E-state index is -1.33. The van der Waals surface area contributed by atoms with Crippen LogP contribution in [0.1, 0.15) is 25.3 Å². The zero-order chi connectivity index (χ0) is 17.3. The Bertz CT molecular complexity index is 754. The van der Waals surface area contributed by atoms with Crippen LogP contribution in [0.5, 0.6) is 5.75 Å². The molecule has 24 heavy (non-hydrogen) atoms. The van der Waals surface area contributed by atoms with Gasteiger partial charge in [-0.15, -0.1) is 0 Å². The summed E-state index contributed by atoms with van der Waals surface area (Å²) < 4.78 is 21.2. The topological polar surface area (TPSA) is 54.5 Å². The zero-order valence-electron chi connectivity index (χ0n) is 14.2. The van der Waals surface area contributed by atoms with Crippen LogP contribution in [0, 0.1) is 6.92 Å². The van der Waals surface area contributed by atoms with E-state index in [9.17, 15) is 9.18 Å². The number of benzene rings is 1. The van der Waals surface area contributed by atoms with Gasteiger partial charge in [0.1, 0.15) is 16.9 Å². The number of alkyl halides is 1. The van der Waals surface area contributed by atoms with Gasteiger partial charge in [0.2, 0.25) is 5.91 Å². The molecule has 0 unspecified atom stereocenters. The van der Waals surface area contributed by atoms with Crippen molar-refractivity contribution in [1.82, 2.24) is 10.3 Å². The van der Waals surface area contributed by atoms with E-state index in [1.54, 1.807) is 18.4 Å².